The summed E-state index contributed by atoms with van der Waals surface area (Å²) in [4.78, 5) is 37.2. The highest BCUT2D eigenvalue weighted by molar-refractivity contribution is 7.15. The zero-order chi connectivity index (χ0) is 16.5. The second kappa shape index (κ2) is 5.92. The highest BCUT2D eigenvalue weighted by atomic mass is 32.1. The maximum Gasteiger partial charge on any atom is 0.422 e. The maximum absolute atomic E-state index is 12.4. The fourth-order valence-electron chi connectivity index (χ4n) is 1.92. The van der Waals surface area contributed by atoms with E-state index in [0.717, 1.165) is 11.0 Å². The van der Waals surface area contributed by atoms with Gasteiger partial charge in [0.25, 0.3) is 5.91 Å². The Kier molecular flexibility index (Phi) is 4.37. The zero-order valence-electron chi connectivity index (χ0n) is 12.8. The Morgan fingerprint density at radius 3 is 2.64 bits per heavy atom. The number of nitrogens with zero attached hydrogens (tertiary/aromatic N) is 1. The average Bonchev–Trinajstić information content (AvgIpc) is 2.90. The molecule has 0 bridgehead atoms. The molecule has 1 aromatic rings. The SMILES string of the molecule is CCOC(=O)/C=C1/C(=O)N(C(=O)OC(C)(C)C)c2sccc21. The maximum atomic E-state index is 12.4. The molecule has 6 nitrogen and oxygen atoms in total. The Bertz CT molecular complexity index is 653. The molecule has 0 saturated carbocycles. The third kappa shape index (κ3) is 3.19. The smallest absolute Gasteiger partial charge is 0.422 e. The van der Waals surface area contributed by atoms with Crippen molar-refractivity contribution in [3.8, 4) is 0 Å². The standard InChI is InChI=1S/C15H17NO5S/c1-5-20-11(17)8-10-9-6-7-22-13(9)16(12(10)18)14(19)21-15(2,3)4/h6-8H,5H2,1-4H3/b10-8+. The van der Waals surface area contributed by atoms with E-state index < -0.39 is 23.6 Å². The summed E-state index contributed by atoms with van der Waals surface area (Å²) in [5.41, 5.74) is -0.0444. The van der Waals surface area contributed by atoms with Gasteiger partial charge in [-0.25, -0.2) is 14.5 Å². The van der Waals surface area contributed by atoms with E-state index in [0.29, 0.717) is 10.6 Å². The predicted octanol–water partition coefficient (Wildman–Crippen LogP) is 2.98. The summed E-state index contributed by atoms with van der Waals surface area (Å²) in [5.74, 6) is -1.20. The summed E-state index contributed by atoms with van der Waals surface area (Å²) < 4.78 is 10.1. The van der Waals surface area contributed by atoms with Crippen LogP contribution >= 0.6 is 11.3 Å². The Hall–Kier alpha value is -2.15. The summed E-state index contributed by atoms with van der Waals surface area (Å²) in [6.07, 6.45) is 0.357. The zero-order valence-corrected chi connectivity index (χ0v) is 13.7. The van der Waals surface area contributed by atoms with Gasteiger partial charge < -0.3 is 9.47 Å². The van der Waals surface area contributed by atoms with Crippen LogP contribution in [0.2, 0.25) is 0 Å². The fourth-order valence-corrected chi connectivity index (χ4v) is 2.82. The largest absolute Gasteiger partial charge is 0.463 e. The molecule has 0 saturated heterocycles. The van der Waals surface area contributed by atoms with Gasteiger partial charge in [-0.05, 0) is 39.1 Å². The summed E-state index contributed by atoms with van der Waals surface area (Å²) in [6, 6.07) is 1.69. The molecule has 118 valence electrons. The van der Waals surface area contributed by atoms with Crippen LogP contribution in [0.4, 0.5) is 9.80 Å². The summed E-state index contributed by atoms with van der Waals surface area (Å²) in [7, 11) is 0. The Morgan fingerprint density at radius 1 is 1.36 bits per heavy atom. The molecular weight excluding hydrogens is 306 g/mol. The molecule has 0 aromatic carbocycles. The summed E-state index contributed by atoms with van der Waals surface area (Å²) >= 11 is 1.23. The number of imide groups is 1. The Balaban J connectivity index is 2.35. The number of anilines is 1. The van der Waals surface area contributed by atoms with Crippen molar-refractivity contribution in [3.63, 3.8) is 0 Å². The molecule has 2 amide bonds. The number of thiophene rings is 1. The molecule has 0 unspecified atom stereocenters. The number of rotatable bonds is 2. The quantitative estimate of drug-likeness (QED) is 0.618. The van der Waals surface area contributed by atoms with Gasteiger partial charge in [-0.3, -0.25) is 4.79 Å². The van der Waals surface area contributed by atoms with Crippen LogP contribution in [-0.4, -0.2) is 30.2 Å². The Labute approximate surface area is 132 Å². The normalized spacial score (nSPS) is 15.9. The number of ether oxygens (including phenoxy) is 2. The third-order valence-electron chi connectivity index (χ3n) is 2.70. The molecule has 0 spiro atoms. The van der Waals surface area contributed by atoms with Crippen molar-refractivity contribution in [2.75, 3.05) is 11.5 Å². The molecule has 0 N–H and O–H groups in total. The van der Waals surface area contributed by atoms with E-state index in [1.54, 1.807) is 39.1 Å². The lowest BCUT2D eigenvalue weighted by molar-refractivity contribution is -0.137. The minimum absolute atomic E-state index is 0.139. The number of amides is 2. The number of hydrogen-bond donors (Lipinski definition) is 0. The first-order valence-corrected chi connectivity index (χ1v) is 7.66. The van der Waals surface area contributed by atoms with Gasteiger partial charge in [-0.15, -0.1) is 11.3 Å². The summed E-state index contributed by atoms with van der Waals surface area (Å²) in [6.45, 7) is 7.04. The molecular formula is C15H17NO5S. The predicted molar refractivity (Wildman–Crippen MR) is 82.6 cm³/mol. The molecule has 22 heavy (non-hydrogen) atoms. The van der Waals surface area contributed by atoms with Gasteiger partial charge in [0.1, 0.15) is 10.6 Å². The van der Waals surface area contributed by atoms with E-state index in [1.165, 1.54) is 11.3 Å². The van der Waals surface area contributed by atoms with Crippen molar-refractivity contribution in [1.29, 1.82) is 0 Å². The lowest BCUT2D eigenvalue weighted by atomic mass is 10.1. The molecule has 0 fully saturated rings. The summed E-state index contributed by atoms with van der Waals surface area (Å²) in [5, 5.41) is 2.20. The Morgan fingerprint density at radius 2 is 2.05 bits per heavy atom. The molecule has 1 aliphatic rings. The van der Waals surface area contributed by atoms with Crippen LogP contribution in [0.25, 0.3) is 5.57 Å². The minimum atomic E-state index is -0.756. The van der Waals surface area contributed by atoms with E-state index in [-0.39, 0.29) is 12.2 Å². The van der Waals surface area contributed by atoms with Gasteiger partial charge in [-0.2, -0.15) is 0 Å². The van der Waals surface area contributed by atoms with Crippen molar-refractivity contribution in [2.24, 2.45) is 0 Å². The van der Waals surface area contributed by atoms with E-state index in [4.69, 9.17) is 9.47 Å². The molecule has 0 radical (unpaired) electrons. The van der Waals surface area contributed by atoms with Crippen LogP contribution in [-0.2, 0) is 19.1 Å². The van der Waals surface area contributed by atoms with Gasteiger partial charge in [0.05, 0.1) is 12.2 Å². The molecule has 2 rings (SSSR count). The van der Waals surface area contributed by atoms with Gasteiger partial charge in [-0.1, -0.05) is 0 Å². The monoisotopic (exact) mass is 323 g/mol. The first-order chi connectivity index (χ1) is 10.2. The van der Waals surface area contributed by atoms with Gasteiger partial charge in [0.15, 0.2) is 0 Å². The van der Waals surface area contributed by atoms with Crippen molar-refractivity contribution in [2.45, 2.75) is 33.3 Å². The van der Waals surface area contributed by atoms with E-state index >= 15 is 0 Å². The van der Waals surface area contributed by atoms with Crippen molar-refractivity contribution < 1.29 is 23.9 Å². The second-order valence-corrected chi connectivity index (χ2v) is 6.46. The number of fused-ring (bicyclic) bond motifs is 1. The lowest BCUT2D eigenvalue weighted by Gasteiger charge is -2.23. The van der Waals surface area contributed by atoms with Crippen LogP contribution < -0.4 is 4.90 Å². The first kappa shape index (κ1) is 16.2. The third-order valence-corrected chi connectivity index (χ3v) is 3.59. The van der Waals surface area contributed by atoms with Gasteiger partial charge in [0, 0.05) is 11.6 Å². The number of esters is 1. The molecule has 0 atom stereocenters. The van der Waals surface area contributed by atoms with Crippen LogP contribution in [0.5, 0.6) is 0 Å². The molecule has 1 aromatic heterocycles. The molecule has 1 aliphatic heterocycles. The van der Waals surface area contributed by atoms with E-state index in [9.17, 15) is 14.4 Å². The minimum Gasteiger partial charge on any atom is -0.463 e. The van der Waals surface area contributed by atoms with E-state index in [1.807, 2.05) is 0 Å². The average molecular weight is 323 g/mol. The highest BCUT2D eigenvalue weighted by Gasteiger charge is 2.40. The van der Waals surface area contributed by atoms with Crippen LogP contribution in [0.1, 0.15) is 33.3 Å². The fraction of sp³-hybridized carbons (Fsp3) is 0.400. The molecule has 0 aliphatic carbocycles. The van der Waals surface area contributed by atoms with Crippen molar-refractivity contribution in [3.05, 3.63) is 23.1 Å². The topological polar surface area (TPSA) is 72.9 Å². The van der Waals surface area contributed by atoms with Gasteiger partial charge >= 0.3 is 12.1 Å². The van der Waals surface area contributed by atoms with E-state index in [2.05, 4.69) is 0 Å². The molecule has 2 heterocycles. The van der Waals surface area contributed by atoms with Crippen molar-refractivity contribution >= 4 is 39.9 Å². The van der Waals surface area contributed by atoms with Crippen LogP contribution in [0.3, 0.4) is 0 Å². The highest BCUT2D eigenvalue weighted by Crippen LogP contribution is 2.41. The van der Waals surface area contributed by atoms with Crippen molar-refractivity contribution in [1.82, 2.24) is 0 Å². The van der Waals surface area contributed by atoms with Gasteiger partial charge in [0.2, 0.25) is 0 Å². The molecule has 7 heteroatoms. The number of hydrogen-bond acceptors (Lipinski definition) is 6. The number of carbonyl (C=O) groups excluding carboxylic acids is 3. The first-order valence-electron chi connectivity index (χ1n) is 6.78. The van der Waals surface area contributed by atoms with Crippen LogP contribution in [0, 0.1) is 0 Å². The second-order valence-electron chi connectivity index (χ2n) is 5.57. The lowest BCUT2D eigenvalue weighted by Crippen LogP contribution is -2.38. The van der Waals surface area contributed by atoms with Crippen LogP contribution in [0.15, 0.2) is 17.5 Å². The number of carbonyl (C=O) groups is 3.